The summed E-state index contributed by atoms with van der Waals surface area (Å²) in [6, 6.07) is 17.7. The molecule has 1 aliphatic heterocycles. The second-order valence-electron chi connectivity index (χ2n) is 8.31. The monoisotopic (exact) mass is 442 g/mol. The smallest absolute Gasteiger partial charge is 0.254 e. The maximum atomic E-state index is 13.2. The van der Waals surface area contributed by atoms with Gasteiger partial charge < -0.3 is 14.5 Å². The van der Waals surface area contributed by atoms with Gasteiger partial charge in [0.2, 0.25) is 0 Å². The average molecular weight is 443 g/mol. The molecule has 1 fully saturated rings. The zero-order valence-corrected chi connectivity index (χ0v) is 18.8. The van der Waals surface area contributed by atoms with E-state index in [2.05, 4.69) is 39.0 Å². The summed E-state index contributed by atoms with van der Waals surface area (Å²) in [6.45, 7) is 7.18. The lowest BCUT2D eigenvalue weighted by molar-refractivity contribution is 0.0746. The number of aryl methyl sites for hydroxylation is 2. The normalized spacial score (nSPS) is 14.0. The Morgan fingerprint density at radius 3 is 2.64 bits per heavy atom. The first-order valence-corrected chi connectivity index (χ1v) is 11.1. The minimum Gasteiger partial charge on any atom is -0.489 e. The van der Waals surface area contributed by atoms with Gasteiger partial charge in [0.1, 0.15) is 24.5 Å². The first-order valence-electron chi connectivity index (χ1n) is 11.1. The van der Waals surface area contributed by atoms with E-state index >= 15 is 0 Å². The zero-order valence-electron chi connectivity index (χ0n) is 18.8. The summed E-state index contributed by atoms with van der Waals surface area (Å²) in [5.74, 6) is 2.26. The number of nitrogens with zero attached hydrogens (tertiary/aromatic N) is 6. The van der Waals surface area contributed by atoms with Gasteiger partial charge in [0.05, 0.1) is 0 Å². The molecule has 4 aromatic rings. The molecular formula is C25H26N6O2. The number of fused-ring (bicyclic) bond motifs is 1. The molecule has 8 nitrogen and oxygen atoms in total. The fourth-order valence-corrected chi connectivity index (χ4v) is 4.15. The van der Waals surface area contributed by atoms with Crippen molar-refractivity contribution < 1.29 is 9.53 Å². The molecule has 0 spiro atoms. The molecule has 0 saturated carbocycles. The number of benzene rings is 2. The molecule has 1 aliphatic rings. The number of aromatic nitrogens is 4. The summed E-state index contributed by atoms with van der Waals surface area (Å²) < 4.78 is 7.69. The van der Waals surface area contributed by atoms with Gasteiger partial charge in [-0.3, -0.25) is 4.79 Å². The molecule has 0 bridgehead atoms. The lowest BCUT2D eigenvalue weighted by atomic mass is 10.1. The van der Waals surface area contributed by atoms with Crippen LogP contribution in [0.3, 0.4) is 0 Å². The molecule has 8 heteroatoms. The Morgan fingerprint density at radius 1 is 1.00 bits per heavy atom. The van der Waals surface area contributed by atoms with Gasteiger partial charge in [-0.2, -0.15) is 14.6 Å². The highest BCUT2D eigenvalue weighted by Gasteiger charge is 2.24. The Bertz CT molecular complexity index is 1290. The number of hydrogen-bond acceptors (Lipinski definition) is 6. The van der Waals surface area contributed by atoms with Crippen molar-refractivity contribution in [2.75, 3.05) is 31.1 Å². The van der Waals surface area contributed by atoms with Crippen LogP contribution in [0, 0.1) is 13.8 Å². The van der Waals surface area contributed by atoms with Gasteiger partial charge in [-0.25, -0.2) is 4.98 Å². The Hall–Kier alpha value is -3.94. The van der Waals surface area contributed by atoms with Crippen LogP contribution in [0.5, 0.6) is 5.75 Å². The summed E-state index contributed by atoms with van der Waals surface area (Å²) in [6.07, 6.45) is 1.51. The van der Waals surface area contributed by atoms with Crippen molar-refractivity contribution >= 4 is 17.5 Å². The van der Waals surface area contributed by atoms with E-state index in [-0.39, 0.29) is 5.91 Å². The molecule has 5 rings (SSSR count). The van der Waals surface area contributed by atoms with Crippen LogP contribution in [0.1, 0.15) is 27.2 Å². The van der Waals surface area contributed by atoms with Crippen molar-refractivity contribution in [3.05, 3.63) is 83.3 Å². The minimum absolute atomic E-state index is 0.0208. The van der Waals surface area contributed by atoms with E-state index in [1.165, 1.54) is 11.9 Å². The maximum absolute atomic E-state index is 13.2. The quantitative estimate of drug-likeness (QED) is 0.472. The highest BCUT2D eigenvalue weighted by atomic mass is 16.5. The number of carbonyl (C=O) groups excluding carboxylic acids is 1. The van der Waals surface area contributed by atoms with E-state index in [4.69, 9.17) is 4.74 Å². The van der Waals surface area contributed by atoms with Crippen LogP contribution in [0.25, 0.3) is 5.78 Å². The summed E-state index contributed by atoms with van der Waals surface area (Å²) >= 11 is 0. The molecule has 3 heterocycles. The molecule has 33 heavy (non-hydrogen) atoms. The van der Waals surface area contributed by atoms with Gasteiger partial charge in [0, 0.05) is 43.5 Å². The average Bonchev–Trinajstić information content (AvgIpc) is 3.30. The largest absolute Gasteiger partial charge is 0.489 e. The number of carbonyl (C=O) groups is 1. The second kappa shape index (κ2) is 8.90. The Labute approximate surface area is 192 Å². The molecular weight excluding hydrogens is 416 g/mol. The van der Waals surface area contributed by atoms with Gasteiger partial charge in [0.25, 0.3) is 11.7 Å². The summed E-state index contributed by atoms with van der Waals surface area (Å²) in [5, 5.41) is 4.30. The number of ether oxygens (including phenoxy) is 1. The first kappa shape index (κ1) is 20.9. The van der Waals surface area contributed by atoms with Gasteiger partial charge >= 0.3 is 0 Å². The van der Waals surface area contributed by atoms with Crippen LogP contribution in [0.2, 0.25) is 0 Å². The molecule has 0 radical (unpaired) electrons. The van der Waals surface area contributed by atoms with Crippen LogP contribution >= 0.6 is 0 Å². The molecule has 0 aliphatic carbocycles. The second-order valence-corrected chi connectivity index (χ2v) is 8.31. The minimum atomic E-state index is 0.0208. The Morgan fingerprint density at radius 2 is 1.82 bits per heavy atom. The summed E-state index contributed by atoms with van der Waals surface area (Å²) in [7, 11) is 0. The molecule has 2 aromatic carbocycles. The van der Waals surface area contributed by atoms with Crippen molar-refractivity contribution in [1.82, 2.24) is 24.5 Å². The van der Waals surface area contributed by atoms with Gasteiger partial charge in [-0.05, 0) is 37.6 Å². The first-order chi connectivity index (χ1) is 16.1. The third kappa shape index (κ3) is 4.50. The maximum Gasteiger partial charge on any atom is 0.254 e. The molecule has 0 unspecified atom stereocenters. The van der Waals surface area contributed by atoms with Crippen LogP contribution in [0.4, 0.5) is 5.82 Å². The lowest BCUT2D eigenvalue weighted by Gasteiger charge is -2.36. The SMILES string of the molecule is Cc1cccc(COc2cccc(C(=O)N3CCN(c4cc(C)nc5ncnn45)CC3)c2)c1. The summed E-state index contributed by atoms with van der Waals surface area (Å²) in [4.78, 5) is 25.9. The van der Waals surface area contributed by atoms with Crippen molar-refractivity contribution in [3.8, 4) is 5.75 Å². The van der Waals surface area contributed by atoms with E-state index < -0.39 is 0 Å². The molecule has 0 N–H and O–H groups in total. The molecule has 1 saturated heterocycles. The predicted octanol–water partition coefficient (Wildman–Crippen LogP) is 3.28. The van der Waals surface area contributed by atoms with Crippen LogP contribution in [0.15, 0.2) is 60.9 Å². The van der Waals surface area contributed by atoms with Crippen molar-refractivity contribution in [1.29, 1.82) is 0 Å². The van der Waals surface area contributed by atoms with Gasteiger partial charge in [-0.1, -0.05) is 35.9 Å². The Kier molecular flexibility index (Phi) is 5.64. The predicted molar refractivity (Wildman–Crippen MR) is 126 cm³/mol. The summed E-state index contributed by atoms with van der Waals surface area (Å²) in [5.41, 5.74) is 3.84. The fraction of sp³-hybridized carbons (Fsp3) is 0.280. The lowest BCUT2D eigenvalue weighted by Crippen LogP contribution is -2.49. The third-order valence-corrected chi connectivity index (χ3v) is 5.82. The van der Waals surface area contributed by atoms with Crippen LogP contribution in [-0.4, -0.2) is 56.6 Å². The fourth-order valence-electron chi connectivity index (χ4n) is 4.15. The zero-order chi connectivity index (χ0) is 22.8. The van der Waals surface area contributed by atoms with E-state index in [0.717, 1.165) is 17.1 Å². The number of piperazine rings is 1. The van der Waals surface area contributed by atoms with Crippen LogP contribution < -0.4 is 9.64 Å². The van der Waals surface area contributed by atoms with E-state index in [1.54, 1.807) is 4.52 Å². The van der Waals surface area contributed by atoms with E-state index in [9.17, 15) is 4.79 Å². The van der Waals surface area contributed by atoms with Gasteiger partial charge in [-0.15, -0.1) is 0 Å². The van der Waals surface area contributed by atoms with Gasteiger partial charge in [0.15, 0.2) is 0 Å². The topological polar surface area (TPSA) is 75.9 Å². The van der Waals surface area contributed by atoms with E-state index in [1.807, 2.05) is 54.3 Å². The number of anilines is 1. The van der Waals surface area contributed by atoms with Crippen molar-refractivity contribution in [2.24, 2.45) is 0 Å². The van der Waals surface area contributed by atoms with Crippen molar-refractivity contribution in [2.45, 2.75) is 20.5 Å². The standard InChI is InChI=1S/C25H26N6O2/c1-18-5-3-6-20(13-18)16-33-22-8-4-7-21(15-22)24(32)30-11-9-29(10-12-30)23-14-19(2)28-25-26-17-27-31(23)25/h3-8,13-15,17H,9-12,16H2,1-2H3. The molecule has 0 atom stereocenters. The highest BCUT2D eigenvalue weighted by Crippen LogP contribution is 2.21. The number of hydrogen-bond donors (Lipinski definition) is 0. The van der Waals surface area contributed by atoms with E-state index in [0.29, 0.717) is 49.9 Å². The molecule has 1 amide bonds. The molecule has 2 aromatic heterocycles. The molecule has 168 valence electrons. The van der Waals surface area contributed by atoms with Crippen LogP contribution in [-0.2, 0) is 6.61 Å². The Balaban J connectivity index is 1.23. The third-order valence-electron chi connectivity index (χ3n) is 5.82. The van der Waals surface area contributed by atoms with Crippen molar-refractivity contribution in [3.63, 3.8) is 0 Å². The highest BCUT2D eigenvalue weighted by molar-refractivity contribution is 5.94. The number of amides is 1. The number of rotatable bonds is 5.